The zero-order chi connectivity index (χ0) is 11.5. The van der Waals surface area contributed by atoms with Gasteiger partial charge in [0.1, 0.15) is 4.75 Å². The van der Waals surface area contributed by atoms with Gasteiger partial charge in [0.15, 0.2) is 6.29 Å². The van der Waals surface area contributed by atoms with Crippen LogP contribution in [0.15, 0.2) is 29.2 Å². The number of rotatable bonds is 4. The van der Waals surface area contributed by atoms with E-state index in [0.29, 0.717) is 10.5 Å². The number of carboxylic acid groups (broad SMARTS) is 1. The Kier molecular flexibility index (Phi) is 3.52. The summed E-state index contributed by atoms with van der Waals surface area (Å²) in [5.74, 6) is -0.895. The third-order valence-electron chi connectivity index (χ3n) is 1.93. The second-order valence-electron chi connectivity index (χ2n) is 3.57. The Morgan fingerprint density at radius 3 is 2.53 bits per heavy atom. The summed E-state index contributed by atoms with van der Waals surface area (Å²) >= 11 is 1.17. The van der Waals surface area contributed by atoms with Crippen LogP contribution in [0, 0.1) is 0 Å². The van der Waals surface area contributed by atoms with E-state index < -0.39 is 10.7 Å². The molecule has 0 bridgehead atoms. The van der Waals surface area contributed by atoms with Crippen molar-refractivity contribution in [3.8, 4) is 0 Å². The van der Waals surface area contributed by atoms with Crippen LogP contribution in [-0.4, -0.2) is 22.1 Å². The summed E-state index contributed by atoms with van der Waals surface area (Å²) in [6.07, 6.45) is 0.736. The summed E-state index contributed by atoms with van der Waals surface area (Å²) in [7, 11) is 0. The van der Waals surface area contributed by atoms with Crippen LogP contribution in [0.4, 0.5) is 0 Å². The molecule has 1 aromatic rings. The molecule has 0 aliphatic heterocycles. The third kappa shape index (κ3) is 2.83. The number of carboxylic acids is 1. The maximum absolute atomic E-state index is 10.9. The van der Waals surface area contributed by atoms with Crippen molar-refractivity contribution in [1.29, 1.82) is 0 Å². The minimum Gasteiger partial charge on any atom is -0.480 e. The van der Waals surface area contributed by atoms with Gasteiger partial charge in [0.05, 0.1) is 0 Å². The molecule has 0 aliphatic carbocycles. The molecule has 0 unspecified atom stereocenters. The smallest absolute Gasteiger partial charge is 0.319 e. The lowest BCUT2D eigenvalue weighted by Gasteiger charge is -2.19. The van der Waals surface area contributed by atoms with E-state index >= 15 is 0 Å². The van der Waals surface area contributed by atoms with E-state index in [1.165, 1.54) is 11.8 Å². The SMILES string of the molecule is CC(C)(Sc1ccccc1C=O)C(=O)O. The zero-order valence-corrected chi connectivity index (χ0v) is 9.38. The van der Waals surface area contributed by atoms with Crippen LogP contribution in [0.3, 0.4) is 0 Å². The van der Waals surface area contributed by atoms with E-state index in [4.69, 9.17) is 5.11 Å². The van der Waals surface area contributed by atoms with Gasteiger partial charge in [-0.05, 0) is 19.9 Å². The number of aldehydes is 1. The standard InChI is InChI=1S/C11H12O3S/c1-11(2,10(13)14)15-9-6-4-3-5-8(9)7-12/h3-7H,1-2H3,(H,13,14). The first-order chi connectivity index (χ1) is 6.97. The molecule has 3 nitrogen and oxygen atoms in total. The Morgan fingerprint density at radius 2 is 2.00 bits per heavy atom. The fourth-order valence-corrected chi connectivity index (χ4v) is 2.01. The first kappa shape index (κ1) is 11.8. The van der Waals surface area contributed by atoms with Gasteiger partial charge < -0.3 is 5.11 Å². The van der Waals surface area contributed by atoms with E-state index in [1.807, 2.05) is 0 Å². The van der Waals surface area contributed by atoms with Crippen molar-refractivity contribution in [3.05, 3.63) is 29.8 Å². The topological polar surface area (TPSA) is 54.4 Å². The van der Waals surface area contributed by atoms with E-state index in [2.05, 4.69) is 0 Å². The fraction of sp³-hybridized carbons (Fsp3) is 0.273. The highest BCUT2D eigenvalue weighted by molar-refractivity contribution is 8.01. The predicted octanol–water partition coefficient (Wildman–Crippen LogP) is 2.45. The molecule has 0 radical (unpaired) electrons. The maximum atomic E-state index is 10.9. The van der Waals surface area contributed by atoms with Crippen molar-refractivity contribution in [3.63, 3.8) is 0 Å². The normalized spacial score (nSPS) is 11.1. The average Bonchev–Trinajstić information content (AvgIpc) is 2.18. The summed E-state index contributed by atoms with van der Waals surface area (Å²) in [6, 6.07) is 6.96. The number of carbonyl (C=O) groups excluding carboxylic acids is 1. The van der Waals surface area contributed by atoms with Gasteiger partial charge in [0.2, 0.25) is 0 Å². The fourth-order valence-electron chi connectivity index (χ4n) is 0.989. The van der Waals surface area contributed by atoms with E-state index in [0.717, 1.165) is 6.29 Å². The maximum Gasteiger partial charge on any atom is 0.319 e. The molecular formula is C11H12O3S. The quantitative estimate of drug-likeness (QED) is 0.630. The minimum atomic E-state index is -0.931. The molecule has 0 saturated heterocycles. The number of aliphatic carboxylic acids is 1. The van der Waals surface area contributed by atoms with E-state index in [-0.39, 0.29) is 0 Å². The van der Waals surface area contributed by atoms with Crippen LogP contribution in [0.1, 0.15) is 24.2 Å². The monoisotopic (exact) mass is 224 g/mol. The lowest BCUT2D eigenvalue weighted by molar-refractivity contribution is -0.138. The number of benzene rings is 1. The van der Waals surface area contributed by atoms with E-state index in [9.17, 15) is 9.59 Å². The van der Waals surface area contributed by atoms with Crippen LogP contribution < -0.4 is 0 Å². The Morgan fingerprint density at radius 1 is 1.40 bits per heavy atom. The second kappa shape index (κ2) is 4.49. The lowest BCUT2D eigenvalue weighted by atomic mass is 10.2. The number of thioether (sulfide) groups is 1. The highest BCUT2D eigenvalue weighted by Gasteiger charge is 2.29. The van der Waals surface area contributed by atoms with Crippen molar-refractivity contribution in [2.45, 2.75) is 23.5 Å². The van der Waals surface area contributed by atoms with Gasteiger partial charge in [0.25, 0.3) is 0 Å². The van der Waals surface area contributed by atoms with Gasteiger partial charge >= 0.3 is 5.97 Å². The molecule has 1 N–H and O–H groups in total. The lowest BCUT2D eigenvalue weighted by Crippen LogP contribution is -2.27. The first-order valence-electron chi connectivity index (χ1n) is 4.44. The zero-order valence-electron chi connectivity index (χ0n) is 8.56. The number of carbonyl (C=O) groups is 2. The van der Waals surface area contributed by atoms with Crippen LogP contribution in [0.5, 0.6) is 0 Å². The third-order valence-corrected chi connectivity index (χ3v) is 3.20. The Labute approximate surface area is 92.5 Å². The summed E-state index contributed by atoms with van der Waals surface area (Å²) < 4.78 is -0.931. The number of hydrogen-bond acceptors (Lipinski definition) is 3. The largest absolute Gasteiger partial charge is 0.480 e. The van der Waals surface area contributed by atoms with Gasteiger partial charge in [-0.3, -0.25) is 9.59 Å². The molecule has 0 saturated carbocycles. The van der Waals surface area contributed by atoms with Gasteiger partial charge in [-0.25, -0.2) is 0 Å². The molecule has 1 aromatic carbocycles. The molecule has 0 aromatic heterocycles. The molecule has 0 heterocycles. The summed E-state index contributed by atoms with van der Waals surface area (Å²) in [5, 5.41) is 8.96. The molecule has 80 valence electrons. The average molecular weight is 224 g/mol. The van der Waals surface area contributed by atoms with Crippen LogP contribution in [-0.2, 0) is 4.79 Å². The molecule has 4 heteroatoms. The Hall–Kier alpha value is -1.29. The highest BCUT2D eigenvalue weighted by atomic mass is 32.2. The van der Waals surface area contributed by atoms with Crippen molar-refractivity contribution >= 4 is 24.0 Å². The molecule has 0 atom stereocenters. The summed E-state index contributed by atoms with van der Waals surface area (Å²) in [6.45, 7) is 3.23. The molecule has 1 rings (SSSR count). The van der Waals surface area contributed by atoms with Crippen molar-refractivity contribution in [2.75, 3.05) is 0 Å². The Bertz CT molecular complexity index is 385. The van der Waals surface area contributed by atoms with Crippen molar-refractivity contribution in [2.24, 2.45) is 0 Å². The van der Waals surface area contributed by atoms with Gasteiger partial charge in [0, 0.05) is 10.5 Å². The number of hydrogen-bond donors (Lipinski definition) is 1. The van der Waals surface area contributed by atoms with Crippen LogP contribution in [0.2, 0.25) is 0 Å². The molecule has 15 heavy (non-hydrogen) atoms. The first-order valence-corrected chi connectivity index (χ1v) is 5.25. The molecule has 0 aliphatic rings. The van der Waals surface area contributed by atoms with Gasteiger partial charge in [-0.15, -0.1) is 11.8 Å². The molecule has 0 fully saturated rings. The minimum absolute atomic E-state index is 0.525. The van der Waals surface area contributed by atoms with Crippen LogP contribution in [0.25, 0.3) is 0 Å². The van der Waals surface area contributed by atoms with Crippen molar-refractivity contribution in [1.82, 2.24) is 0 Å². The second-order valence-corrected chi connectivity index (χ2v) is 5.24. The predicted molar refractivity (Wildman–Crippen MR) is 59.4 cm³/mol. The van der Waals surface area contributed by atoms with Gasteiger partial charge in [-0.1, -0.05) is 18.2 Å². The van der Waals surface area contributed by atoms with Crippen LogP contribution >= 0.6 is 11.8 Å². The van der Waals surface area contributed by atoms with E-state index in [1.54, 1.807) is 38.1 Å². The molecular weight excluding hydrogens is 212 g/mol. The molecule has 0 amide bonds. The summed E-state index contributed by atoms with van der Waals surface area (Å²) in [4.78, 5) is 22.3. The molecule has 0 spiro atoms. The van der Waals surface area contributed by atoms with Crippen molar-refractivity contribution < 1.29 is 14.7 Å². The Balaban J connectivity index is 2.98. The summed E-state index contributed by atoms with van der Waals surface area (Å²) in [5.41, 5.74) is 0.525. The van der Waals surface area contributed by atoms with Gasteiger partial charge in [-0.2, -0.15) is 0 Å². The highest BCUT2D eigenvalue weighted by Crippen LogP contribution is 2.34.